The van der Waals surface area contributed by atoms with Gasteiger partial charge in [-0.1, -0.05) is 65.2 Å². The second-order valence-electron chi connectivity index (χ2n) is 6.13. The molecule has 1 aromatic rings. The van der Waals surface area contributed by atoms with Crippen LogP contribution in [0.15, 0.2) is 24.5 Å². The summed E-state index contributed by atoms with van der Waals surface area (Å²) >= 11 is 0. The third kappa shape index (κ3) is 9.62. The van der Waals surface area contributed by atoms with Crippen molar-refractivity contribution in [3.05, 3.63) is 30.1 Å². The summed E-state index contributed by atoms with van der Waals surface area (Å²) < 4.78 is 0. The van der Waals surface area contributed by atoms with E-state index < -0.39 is 0 Å². The number of nitrogens with one attached hydrogen (secondary N) is 1. The quantitative estimate of drug-likeness (QED) is 0.486. The zero-order chi connectivity index (χ0) is 15.2. The van der Waals surface area contributed by atoms with Crippen molar-refractivity contribution in [3.8, 4) is 0 Å². The fourth-order valence-corrected chi connectivity index (χ4v) is 2.75. The minimum Gasteiger partial charge on any atom is -0.310 e. The highest BCUT2D eigenvalue weighted by atomic mass is 14.9. The lowest BCUT2D eigenvalue weighted by atomic mass is 10.0. The van der Waals surface area contributed by atoms with Crippen LogP contribution in [0.1, 0.15) is 83.6 Å². The minimum atomic E-state index is 0.687. The lowest BCUT2D eigenvalue weighted by Crippen LogP contribution is -2.28. The van der Waals surface area contributed by atoms with Crippen LogP contribution >= 0.6 is 0 Å². The average Bonchev–Trinajstić information content (AvgIpc) is 2.53. The van der Waals surface area contributed by atoms with Gasteiger partial charge in [0.1, 0.15) is 0 Å². The van der Waals surface area contributed by atoms with Crippen molar-refractivity contribution in [2.45, 2.75) is 90.6 Å². The molecule has 0 aliphatic carbocycles. The van der Waals surface area contributed by atoms with Gasteiger partial charge in [-0.15, -0.1) is 0 Å². The van der Waals surface area contributed by atoms with Crippen LogP contribution in [0.25, 0.3) is 0 Å². The molecule has 0 aromatic carbocycles. The third-order valence-corrected chi connectivity index (χ3v) is 4.16. The van der Waals surface area contributed by atoms with E-state index in [9.17, 15) is 0 Å². The van der Waals surface area contributed by atoms with Gasteiger partial charge in [0.05, 0.1) is 0 Å². The number of rotatable bonds is 13. The van der Waals surface area contributed by atoms with E-state index in [0.717, 1.165) is 6.54 Å². The third-order valence-electron chi connectivity index (χ3n) is 4.16. The van der Waals surface area contributed by atoms with Crippen LogP contribution in [0, 0.1) is 0 Å². The largest absolute Gasteiger partial charge is 0.310 e. The Hall–Kier alpha value is -0.890. The molecule has 0 saturated carbocycles. The van der Waals surface area contributed by atoms with Crippen LogP contribution in [0.3, 0.4) is 0 Å². The van der Waals surface area contributed by atoms with E-state index in [1.807, 2.05) is 12.4 Å². The lowest BCUT2D eigenvalue weighted by molar-refractivity contribution is 0.413. The Labute approximate surface area is 131 Å². The number of pyridine rings is 1. The summed E-state index contributed by atoms with van der Waals surface area (Å²) in [5.74, 6) is 0. The molecular weight excluding hydrogens is 256 g/mol. The Balaban J connectivity index is 2.28. The van der Waals surface area contributed by atoms with Crippen molar-refractivity contribution in [2.24, 2.45) is 0 Å². The first-order valence-corrected chi connectivity index (χ1v) is 8.99. The molecule has 21 heavy (non-hydrogen) atoms. The molecule has 0 bridgehead atoms. The highest BCUT2D eigenvalue weighted by Gasteiger charge is 2.07. The maximum atomic E-state index is 4.08. The molecule has 120 valence electrons. The number of unbranched alkanes of at least 4 members (excludes halogenated alkanes) is 6. The van der Waals surface area contributed by atoms with Gasteiger partial charge in [-0.25, -0.2) is 0 Å². The average molecular weight is 290 g/mol. The van der Waals surface area contributed by atoms with Gasteiger partial charge in [0.25, 0.3) is 0 Å². The van der Waals surface area contributed by atoms with Crippen molar-refractivity contribution in [1.82, 2.24) is 10.3 Å². The van der Waals surface area contributed by atoms with Gasteiger partial charge < -0.3 is 5.32 Å². The second kappa shape index (κ2) is 12.8. The zero-order valence-corrected chi connectivity index (χ0v) is 14.1. The van der Waals surface area contributed by atoms with Gasteiger partial charge in [-0.2, -0.15) is 0 Å². The highest BCUT2D eigenvalue weighted by Crippen LogP contribution is 2.13. The molecular formula is C19H34N2. The normalized spacial score (nSPS) is 11.2. The van der Waals surface area contributed by atoms with E-state index in [-0.39, 0.29) is 0 Å². The molecule has 0 aliphatic rings. The van der Waals surface area contributed by atoms with E-state index in [0.29, 0.717) is 6.04 Å². The molecule has 1 heterocycles. The van der Waals surface area contributed by atoms with Crippen molar-refractivity contribution in [2.75, 3.05) is 0 Å². The summed E-state index contributed by atoms with van der Waals surface area (Å²) in [6, 6.07) is 4.91. The van der Waals surface area contributed by atoms with Gasteiger partial charge in [0.15, 0.2) is 0 Å². The highest BCUT2D eigenvalue weighted by molar-refractivity contribution is 5.09. The summed E-state index contributed by atoms with van der Waals surface area (Å²) in [7, 11) is 0. The van der Waals surface area contributed by atoms with Crippen LogP contribution in [0.2, 0.25) is 0 Å². The van der Waals surface area contributed by atoms with Gasteiger partial charge in [0.2, 0.25) is 0 Å². The Kier molecular flexibility index (Phi) is 11.1. The van der Waals surface area contributed by atoms with Gasteiger partial charge >= 0.3 is 0 Å². The number of nitrogens with zero attached hydrogens (tertiary/aromatic N) is 1. The minimum absolute atomic E-state index is 0.687. The Morgan fingerprint density at radius 1 is 0.857 bits per heavy atom. The lowest BCUT2D eigenvalue weighted by Gasteiger charge is -2.19. The molecule has 0 radical (unpaired) electrons. The van der Waals surface area contributed by atoms with E-state index >= 15 is 0 Å². The van der Waals surface area contributed by atoms with E-state index in [1.54, 1.807) is 0 Å². The molecule has 2 heteroatoms. The fourth-order valence-electron chi connectivity index (χ4n) is 2.75. The second-order valence-corrected chi connectivity index (χ2v) is 6.13. The zero-order valence-electron chi connectivity index (χ0n) is 14.1. The summed E-state index contributed by atoms with van der Waals surface area (Å²) in [6.45, 7) is 5.54. The molecule has 0 unspecified atom stereocenters. The van der Waals surface area contributed by atoms with Gasteiger partial charge in [0, 0.05) is 25.0 Å². The predicted octanol–water partition coefficient (Wildman–Crippen LogP) is 5.48. The topological polar surface area (TPSA) is 24.9 Å². The first-order valence-electron chi connectivity index (χ1n) is 8.99. The summed E-state index contributed by atoms with van der Waals surface area (Å²) in [4.78, 5) is 4.08. The van der Waals surface area contributed by atoms with E-state index in [4.69, 9.17) is 0 Å². The fraction of sp³-hybridized carbons (Fsp3) is 0.737. The maximum absolute atomic E-state index is 4.08. The molecule has 0 spiro atoms. The molecule has 0 fully saturated rings. The first kappa shape index (κ1) is 18.2. The standard InChI is InChI=1S/C19H34N2/c1-3-5-7-9-11-19(12-10-8-6-4-2)21-17-18-13-15-20-16-14-18/h13-16,19,21H,3-12,17H2,1-2H3. The molecule has 2 nitrogen and oxygen atoms in total. The molecule has 1 aromatic heterocycles. The SMILES string of the molecule is CCCCCCC(CCCCCC)NCc1ccncc1. The number of hydrogen-bond acceptors (Lipinski definition) is 2. The smallest absolute Gasteiger partial charge is 0.0271 e. The van der Waals surface area contributed by atoms with Crippen molar-refractivity contribution >= 4 is 0 Å². The van der Waals surface area contributed by atoms with Crippen LogP contribution in [0.5, 0.6) is 0 Å². The summed E-state index contributed by atoms with van der Waals surface area (Å²) in [5, 5.41) is 3.76. The molecule has 1 rings (SSSR count). The van der Waals surface area contributed by atoms with Gasteiger partial charge in [-0.05, 0) is 30.5 Å². The monoisotopic (exact) mass is 290 g/mol. The van der Waals surface area contributed by atoms with Crippen LogP contribution in [0.4, 0.5) is 0 Å². The van der Waals surface area contributed by atoms with Crippen molar-refractivity contribution in [1.29, 1.82) is 0 Å². The predicted molar refractivity (Wildman–Crippen MR) is 92.4 cm³/mol. The summed E-state index contributed by atoms with van der Waals surface area (Å²) in [6.07, 6.45) is 17.4. The number of hydrogen-bond donors (Lipinski definition) is 1. The Morgan fingerprint density at radius 3 is 1.95 bits per heavy atom. The number of aromatic nitrogens is 1. The van der Waals surface area contributed by atoms with E-state index in [1.165, 1.54) is 69.8 Å². The van der Waals surface area contributed by atoms with Crippen LogP contribution in [-0.2, 0) is 6.54 Å². The van der Waals surface area contributed by atoms with Crippen molar-refractivity contribution < 1.29 is 0 Å². The van der Waals surface area contributed by atoms with E-state index in [2.05, 4.69) is 36.3 Å². The maximum Gasteiger partial charge on any atom is 0.0271 e. The summed E-state index contributed by atoms with van der Waals surface area (Å²) in [5.41, 5.74) is 1.34. The van der Waals surface area contributed by atoms with Crippen molar-refractivity contribution in [3.63, 3.8) is 0 Å². The Bertz CT molecular complexity index is 312. The first-order chi connectivity index (χ1) is 10.4. The molecule has 0 amide bonds. The van der Waals surface area contributed by atoms with Crippen LogP contribution < -0.4 is 5.32 Å². The van der Waals surface area contributed by atoms with Crippen LogP contribution in [-0.4, -0.2) is 11.0 Å². The molecule has 1 N–H and O–H groups in total. The molecule has 0 saturated heterocycles. The molecule has 0 aliphatic heterocycles. The molecule has 0 atom stereocenters. The Morgan fingerprint density at radius 2 is 1.43 bits per heavy atom. The van der Waals surface area contributed by atoms with Gasteiger partial charge in [-0.3, -0.25) is 4.98 Å².